The molecule has 2 aliphatic rings. The topological polar surface area (TPSA) is 98.8 Å². The number of nitrogens with one attached hydrogen (secondary N) is 2. The van der Waals surface area contributed by atoms with Gasteiger partial charge in [-0.2, -0.15) is 0 Å². The van der Waals surface area contributed by atoms with Crippen LogP contribution < -0.4 is 10.6 Å². The van der Waals surface area contributed by atoms with Gasteiger partial charge in [0.15, 0.2) is 0 Å². The molecule has 2 heterocycles. The molecule has 0 aromatic heterocycles. The van der Waals surface area contributed by atoms with E-state index in [-0.39, 0.29) is 23.6 Å². The van der Waals surface area contributed by atoms with E-state index in [0.29, 0.717) is 37.3 Å². The van der Waals surface area contributed by atoms with Gasteiger partial charge in [0.25, 0.3) is 0 Å². The van der Waals surface area contributed by atoms with Crippen molar-refractivity contribution in [3.8, 4) is 11.8 Å². The molecule has 2 N–H and O–H groups in total. The first-order chi connectivity index (χ1) is 24.9. The van der Waals surface area contributed by atoms with Crippen LogP contribution in [0.4, 0.5) is 11.4 Å². The number of nitrogens with zero attached hydrogens (tertiary/aromatic N) is 2. The average molecular weight is 695 g/mol. The zero-order valence-corrected chi connectivity index (χ0v) is 30.3. The summed E-state index contributed by atoms with van der Waals surface area (Å²) in [5, 5.41) is 5.98. The van der Waals surface area contributed by atoms with E-state index in [1.807, 2.05) is 137 Å². The highest BCUT2D eigenvalue weighted by Gasteiger charge is 2.42. The summed E-state index contributed by atoms with van der Waals surface area (Å²) in [4.78, 5) is 57.3. The van der Waals surface area contributed by atoms with Crippen molar-refractivity contribution < 1.29 is 19.2 Å². The van der Waals surface area contributed by atoms with Crippen LogP contribution in [0, 0.1) is 11.8 Å². The van der Waals surface area contributed by atoms with Crippen LogP contribution in [0.3, 0.4) is 0 Å². The van der Waals surface area contributed by atoms with Crippen molar-refractivity contribution in [1.82, 2.24) is 9.80 Å². The highest BCUT2D eigenvalue weighted by atomic mass is 16.2. The lowest BCUT2D eigenvalue weighted by atomic mass is 9.83. The molecule has 8 heteroatoms. The number of likely N-dealkylation sites (tertiary alicyclic amines) is 2. The number of hydrogen-bond donors (Lipinski definition) is 2. The molecule has 0 aliphatic carbocycles. The van der Waals surface area contributed by atoms with Gasteiger partial charge >= 0.3 is 0 Å². The Hall–Kier alpha value is -5.68. The number of anilines is 2. The second kappa shape index (κ2) is 15.3. The van der Waals surface area contributed by atoms with Gasteiger partial charge in [-0.05, 0) is 113 Å². The van der Waals surface area contributed by atoms with Gasteiger partial charge in [-0.3, -0.25) is 19.2 Å². The fourth-order valence-electron chi connectivity index (χ4n) is 7.11. The summed E-state index contributed by atoms with van der Waals surface area (Å²) in [6.07, 6.45) is 2.81. The van der Waals surface area contributed by atoms with E-state index in [1.165, 1.54) is 0 Å². The summed E-state index contributed by atoms with van der Waals surface area (Å²) in [6.45, 7) is 8.76. The molecule has 2 saturated heterocycles. The first kappa shape index (κ1) is 36.1. The first-order valence-corrected chi connectivity index (χ1v) is 18.0. The summed E-state index contributed by atoms with van der Waals surface area (Å²) < 4.78 is 0. The molecule has 6 rings (SSSR count). The first-order valence-electron chi connectivity index (χ1n) is 18.0. The molecular weight excluding hydrogens is 649 g/mol. The normalized spacial score (nSPS) is 17.2. The van der Waals surface area contributed by atoms with Gasteiger partial charge in [0.05, 0.1) is 10.8 Å². The summed E-state index contributed by atoms with van der Waals surface area (Å²) in [5.74, 6) is 5.83. The lowest BCUT2D eigenvalue weighted by molar-refractivity contribution is -0.140. The van der Waals surface area contributed by atoms with E-state index in [0.717, 1.165) is 35.1 Å². The van der Waals surface area contributed by atoms with Gasteiger partial charge in [0, 0.05) is 35.6 Å². The van der Waals surface area contributed by atoms with Gasteiger partial charge in [-0.15, -0.1) is 0 Å². The Bertz CT molecular complexity index is 1830. The number of amides is 4. The third kappa shape index (κ3) is 7.79. The SMILES string of the molecule is CC(C)(C(=O)N1CCC[C@H]1C(=O)Nc1ccc(C#Cc2ccc(NC(=O)[C@@H]3CCCN3C(=O)C(C)(C)c3ccccc3)cc2)cc1)c1ccccc1. The molecule has 8 nitrogen and oxygen atoms in total. The molecule has 0 saturated carbocycles. The van der Waals surface area contributed by atoms with Crippen molar-refractivity contribution >= 4 is 35.0 Å². The molecule has 4 aromatic rings. The molecule has 2 fully saturated rings. The minimum absolute atomic E-state index is 0.0482. The lowest BCUT2D eigenvalue weighted by Gasteiger charge is -2.33. The maximum absolute atomic E-state index is 13.6. The van der Waals surface area contributed by atoms with E-state index in [9.17, 15) is 19.2 Å². The molecule has 4 amide bonds. The van der Waals surface area contributed by atoms with Crippen molar-refractivity contribution in [2.45, 2.75) is 76.3 Å². The van der Waals surface area contributed by atoms with Crippen LogP contribution in [0.1, 0.15) is 75.6 Å². The molecular formula is C44H46N4O4. The molecule has 2 aliphatic heterocycles. The number of carbonyl (C=O) groups excluding carboxylic acids is 4. The maximum Gasteiger partial charge on any atom is 0.247 e. The van der Waals surface area contributed by atoms with Crippen LogP contribution in [-0.4, -0.2) is 58.6 Å². The third-order valence-electron chi connectivity index (χ3n) is 10.3. The fraction of sp³-hybridized carbons (Fsp3) is 0.318. The molecule has 2 atom stereocenters. The predicted octanol–water partition coefficient (Wildman–Crippen LogP) is 6.90. The van der Waals surface area contributed by atoms with Gasteiger partial charge < -0.3 is 20.4 Å². The van der Waals surface area contributed by atoms with E-state index in [2.05, 4.69) is 22.5 Å². The highest BCUT2D eigenvalue weighted by Crippen LogP contribution is 2.32. The van der Waals surface area contributed by atoms with Gasteiger partial charge in [-0.1, -0.05) is 72.5 Å². The average Bonchev–Trinajstić information content (AvgIpc) is 3.86. The number of hydrogen-bond acceptors (Lipinski definition) is 4. The molecule has 266 valence electrons. The Morgan fingerprint density at radius 1 is 0.538 bits per heavy atom. The summed E-state index contributed by atoms with van der Waals surface area (Å²) >= 11 is 0. The molecule has 4 aromatic carbocycles. The number of rotatable bonds is 8. The van der Waals surface area contributed by atoms with Crippen LogP contribution in [0.5, 0.6) is 0 Å². The Balaban J connectivity index is 1.03. The van der Waals surface area contributed by atoms with E-state index in [4.69, 9.17) is 0 Å². The largest absolute Gasteiger partial charge is 0.330 e. The molecule has 0 unspecified atom stereocenters. The molecule has 52 heavy (non-hydrogen) atoms. The second-order valence-corrected chi connectivity index (χ2v) is 14.7. The Morgan fingerprint density at radius 2 is 0.885 bits per heavy atom. The standard InChI is InChI=1S/C44H46N4O4/c1-43(2,33-13-7-5-8-14-33)41(51)47-29-11-17-37(47)39(49)45-35-25-21-31(22-26-35)19-20-32-23-27-36(28-24-32)46-40(50)38-18-12-30-48(38)42(52)44(3,4)34-15-9-6-10-16-34/h5-10,13-16,21-28,37-38H,11-12,17-18,29-30H2,1-4H3,(H,45,49)(H,46,50)/t37-,38-/m0/s1. The van der Waals surface area contributed by atoms with Crippen LogP contribution in [0.2, 0.25) is 0 Å². The van der Waals surface area contributed by atoms with Crippen molar-refractivity contribution in [1.29, 1.82) is 0 Å². The van der Waals surface area contributed by atoms with Crippen molar-refractivity contribution in [2.75, 3.05) is 23.7 Å². The van der Waals surface area contributed by atoms with E-state index >= 15 is 0 Å². The Kier molecular flexibility index (Phi) is 10.6. The van der Waals surface area contributed by atoms with Crippen LogP contribution in [0.25, 0.3) is 0 Å². The van der Waals surface area contributed by atoms with Crippen molar-refractivity contribution in [2.24, 2.45) is 0 Å². The Morgan fingerprint density at radius 3 is 1.23 bits per heavy atom. The number of carbonyl (C=O) groups is 4. The minimum Gasteiger partial charge on any atom is -0.330 e. The van der Waals surface area contributed by atoms with Crippen LogP contribution in [-0.2, 0) is 30.0 Å². The fourth-order valence-corrected chi connectivity index (χ4v) is 7.11. The predicted molar refractivity (Wildman–Crippen MR) is 205 cm³/mol. The summed E-state index contributed by atoms with van der Waals surface area (Å²) in [6, 6.07) is 33.0. The minimum atomic E-state index is -0.738. The molecule has 0 bridgehead atoms. The van der Waals surface area contributed by atoms with Crippen molar-refractivity contribution in [3.05, 3.63) is 131 Å². The summed E-state index contributed by atoms with van der Waals surface area (Å²) in [7, 11) is 0. The summed E-state index contributed by atoms with van der Waals surface area (Å²) in [5.41, 5.74) is 3.22. The quantitative estimate of drug-likeness (QED) is 0.196. The highest BCUT2D eigenvalue weighted by molar-refractivity contribution is 6.00. The maximum atomic E-state index is 13.6. The molecule has 0 radical (unpaired) electrons. The second-order valence-electron chi connectivity index (χ2n) is 14.7. The lowest BCUT2D eigenvalue weighted by Crippen LogP contribution is -2.49. The number of benzene rings is 4. The Labute approximate surface area is 306 Å². The molecule has 0 spiro atoms. The van der Waals surface area contributed by atoms with Crippen LogP contribution >= 0.6 is 0 Å². The van der Waals surface area contributed by atoms with E-state index < -0.39 is 22.9 Å². The smallest absolute Gasteiger partial charge is 0.247 e. The zero-order valence-electron chi connectivity index (χ0n) is 30.3. The van der Waals surface area contributed by atoms with Crippen LogP contribution in [0.15, 0.2) is 109 Å². The van der Waals surface area contributed by atoms with Crippen molar-refractivity contribution in [3.63, 3.8) is 0 Å². The van der Waals surface area contributed by atoms with E-state index in [1.54, 1.807) is 9.80 Å². The van der Waals surface area contributed by atoms with Gasteiger partial charge in [0.2, 0.25) is 23.6 Å². The monoisotopic (exact) mass is 694 g/mol. The zero-order chi connectivity index (χ0) is 36.9. The van der Waals surface area contributed by atoms with Gasteiger partial charge in [-0.25, -0.2) is 0 Å². The van der Waals surface area contributed by atoms with Gasteiger partial charge in [0.1, 0.15) is 12.1 Å². The third-order valence-corrected chi connectivity index (χ3v) is 10.3.